The number of rotatable bonds is 8. The molecule has 1 amide bonds. The van der Waals surface area contributed by atoms with E-state index in [4.69, 9.17) is 4.74 Å². The molecule has 0 aliphatic carbocycles. The number of carbonyl (C=O) groups is 1. The van der Waals surface area contributed by atoms with Crippen molar-refractivity contribution in [3.05, 3.63) is 65.5 Å². The Balaban J connectivity index is 1.39. The fourth-order valence-corrected chi connectivity index (χ4v) is 3.70. The molecule has 1 fully saturated rings. The minimum absolute atomic E-state index is 0.0372. The molecule has 1 aliphatic heterocycles. The summed E-state index contributed by atoms with van der Waals surface area (Å²) >= 11 is 0. The maximum absolute atomic E-state index is 13.1. The molecule has 0 aromatic heterocycles. The summed E-state index contributed by atoms with van der Waals surface area (Å²) < 4.78 is 18.2. The summed E-state index contributed by atoms with van der Waals surface area (Å²) in [6.45, 7) is 3.21. The molecule has 1 heterocycles. The monoisotopic (exact) mass is 384 g/mol. The van der Waals surface area contributed by atoms with E-state index in [2.05, 4.69) is 22.3 Å². The zero-order valence-corrected chi connectivity index (χ0v) is 16.5. The number of aryl methyl sites for hydroxylation is 1. The van der Waals surface area contributed by atoms with Crippen LogP contribution in [0.1, 0.15) is 30.4 Å². The van der Waals surface area contributed by atoms with Crippen LogP contribution in [-0.4, -0.2) is 37.6 Å². The molecule has 28 heavy (non-hydrogen) atoms. The highest BCUT2D eigenvalue weighted by Crippen LogP contribution is 2.19. The smallest absolute Gasteiger partial charge is 0.224 e. The van der Waals surface area contributed by atoms with E-state index in [-0.39, 0.29) is 17.6 Å². The van der Waals surface area contributed by atoms with Gasteiger partial charge in [0.25, 0.3) is 0 Å². The molecular formula is C23H29FN2O2. The van der Waals surface area contributed by atoms with E-state index in [0.29, 0.717) is 6.54 Å². The van der Waals surface area contributed by atoms with Gasteiger partial charge in [0.05, 0.1) is 13.0 Å². The van der Waals surface area contributed by atoms with Crippen LogP contribution < -0.4 is 10.1 Å². The number of hydrogen-bond acceptors (Lipinski definition) is 3. The molecule has 5 heteroatoms. The van der Waals surface area contributed by atoms with Crippen molar-refractivity contribution in [2.24, 2.45) is 5.92 Å². The highest BCUT2D eigenvalue weighted by molar-refractivity contribution is 5.78. The number of likely N-dealkylation sites (tertiary alicyclic amines) is 1. The highest BCUT2D eigenvalue weighted by atomic mass is 19.1. The van der Waals surface area contributed by atoms with Crippen LogP contribution in [0.3, 0.4) is 0 Å². The number of carbonyl (C=O) groups excluding carboxylic acids is 1. The summed E-state index contributed by atoms with van der Waals surface area (Å²) in [5.74, 6) is 0.836. The van der Waals surface area contributed by atoms with E-state index < -0.39 is 0 Å². The van der Waals surface area contributed by atoms with E-state index >= 15 is 0 Å². The van der Waals surface area contributed by atoms with Crippen molar-refractivity contribution < 1.29 is 13.9 Å². The predicted molar refractivity (Wildman–Crippen MR) is 109 cm³/mol. The van der Waals surface area contributed by atoms with Gasteiger partial charge >= 0.3 is 0 Å². The Morgan fingerprint density at radius 2 is 1.86 bits per heavy atom. The lowest BCUT2D eigenvalue weighted by Crippen LogP contribution is -2.42. The van der Waals surface area contributed by atoms with Crippen molar-refractivity contribution in [2.75, 3.05) is 26.7 Å². The number of nitrogens with one attached hydrogen (secondary N) is 1. The molecule has 4 nitrogen and oxygen atoms in total. The van der Waals surface area contributed by atoms with Crippen molar-refractivity contribution in [1.82, 2.24) is 10.2 Å². The summed E-state index contributed by atoms with van der Waals surface area (Å²) in [5.41, 5.74) is 2.33. The third-order valence-electron chi connectivity index (χ3n) is 5.30. The molecule has 1 atom stereocenters. The van der Waals surface area contributed by atoms with Crippen LogP contribution in [0.25, 0.3) is 0 Å². The van der Waals surface area contributed by atoms with Crippen molar-refractivity contribution >= 4 is 5.91 Å². The first-order valence-corrected chi connectivity index (χ1v) is 10.0. The number of amides is 1. The summed E-state index contributed by atoms with van der Waals surface area (Å²) in [4.78, 5) is 14.8. The van der Waals surface area contributed by atoms with Gasteiger partial charge in [-0.1, -0.05) is 24.3 Å². The highest BCUT2D eigenvalue weighted by Gasteiger charge is 2.25. The fraction of sp³-hybridized carbons (Fsp3) is 0.435. The molecular weight excluding hydrogens is 355 g/mol. The Morgan fingerprint density at radius 1 is 1.14 bits per heavy atom. The maximum atomic E-state index is 13.1. The number of halogens is 1. The molecule has 1 N–H and O–H groups in total. The first-order chi connectivity index (χ1) is 13.6. The zero-order valence-electron chi connectivity index (χ0n) is 16.5. The molecule has 0 saturated carbocycles. The molecule has 0 radical (unpaired) electrons. The number of nitrogens with zero attached hydrogens (tertiary/aromatic N) is 1. The fourth-order valence-electron chi connectivity index (χ4n) is 3.70. The zero-order chi connectivity index (χ0) is 19.8. The molecule has 0 unspecified atom stereocenters. The molecule has 150 valence electrons. The maximum Gasteiger partial charge on any atom is 0.224 e. The molecule has 1 aliphatic rings. The quantitative estimate of drug-likeness (QED) is 0.704. The minimum Gasteiger partial charge on any atom is -0.497 e. The number of piperidine rings is 1. The summed E-state index contributed by atoms with van der Waals surface area (Å²) in [7, 11) is 1.66. The van der Waals surface area contributed by atoms with Crippen molar-refractivity contribution in [1.29, 1.82) is 0 Å². The lowest BCUT2D eigenvalue weighted by Gasteiger charge is -2.32. The molecule has 3 rings (SSSR count). The van der Waals surface area contributed by atoms with Crippen LogP contribution in [0.2, 0.25) is 0 Å². The second kappa shape index (κ2) is 10.2. The van der Waals surface area contributed by atoms with E-state index in [1.807, 2.05) is 24.3 Å². The molecule has 1 saturated heterocycles. The van der Waals surface area contributed by atoms with Gasteiger partial charge in [0, 0.05) is 19.6 Å². The average molecular weight is 384 g/mol. The third-order valence-corrected chi connectivity index (χ3v) is 5.30. The van der Waals surface area contributed by atoms with Crippen LogP contribution in [0.4, 0.5) is 4.39 Å². The van der Waals surface area contributed by atoms with Gasteiger partial charge in [0.2, 0.25) is 5.91 Å². The van der Waals surface area contributed by atoms with E-state index in [9.17, 15) is 9.18 Å². The Bertz CT molecular complexity index is 746. The number of ether oxygens (including phenoxy) is 1. The third kappa shape index (κ3) is 6.06. The minimum atomic E-state index is -0.214. The summed E-state index contributed by atoms with van der Waals surface area (Å²) in [5, 5.41) is 3.10. The first kappa shape index (κ1) is 20.3. The van der Waals surface area contributed by atoms with Crippen molar-refractivity contribution in [3.63, 3.8) is 0 Å². The predicted octanol–water partition coefficient (Wildman–Crippen LogP) is 3.80. The van der Waals surface area contributed by atoms with Gasteiger partial charge < -0.3 is 10.1 Å². The normalized spacial score (nSPS) is 17.3. The molecule has 0 bridgehead atoms. The second-order valence-corrected chi connectivity index (χ2v) is 7.44. The van der Waals surface area contributed by atoms with Gasteiger partial charge in [0.15, 0.2) is 0 Å². The first-order valence-electron chi connectivity index (χ1n) is 10.0. The number of hydrogen-bond donors (Lipinski definition) is 1. The van der Waals surface area contributed by atoms with Crippen molar-refractivity contribution in [2.45, 2.75) is 32.2 Å². The van der Waals surface area contributed by atoms with Crippen LogP contribution in [0.5, 0.6) is 5.75 Å². The van der Waals surface area contributed by atoms with Crippen LogP contribution in [-0.2, 0) is 17.8 Å². The largest absolute Gasteiger partial charge is 0.497 e. The lowest BCUT2D eigenvalue weighted by atomic mass is 9.96. The van der Waals surface area contributed by atoms with E-state index in [1.165, 1.54) is 17.7 Å². The number of benzene rings is 2. The SMILES string of the molecule is COc1ccc(CCCNC(=O)[C@@H]2CCCN(Cc3ccc(F)cc3)C2)cc1. The summed E-state index contributed by atoms with van der Waals surface area (Å²) in [6.07, 6.45) is 3.81. The van der Waals surface area contributed by atoms with Crippen LogP contribution >= 0.6 is 0 Å². The Labute approximate surface area is 166 Å². The van der Waals surface area contributed by atoms with Gasteiger partial charge in [-0.2, -0.15) is 0 Å². The van der Waals surface area contributed by atoms with Gasteiger partial charge in [-0.15, -0.1) is 0 Å². The average Bonchev–Trinajstić information content (AvgIpc) is 2.73. The van der Waals surface area contributed by atoms with Gasteiger partial charge in [-0.25, -0.2) is 4.39 Å². The van der Waals surface area contributed by atoms with Gasteiger partial charge in [0.1, 0.15) is 11.6 Å². The Hall–Kier alpha value is -2.40. The van der Waals surface area contributed by atoms with E-state index in [1.54, 1.807) is 7.11 Å². The van der Waals surface area contributed by atoms with Crippen molar-refractivity contribution in [3.8, 4) is 5.75 Å². The summed E-state index contributed by atoms with van der Waals surface area (Å²) in [6, 6.07) is 14.7. The van der Waals surface area contributed by atoms with Gasteiger partial charge in [-0.3, -0.25) is 9.69 Å². The number of methoxy groups -OCH3 is 1. The Morgan fingerprint density at radius 3 is 2.57 bits per heavy atom. The standard InChI is InChI=1S/C23H29FN2O2/c1-28-22-12-8-18(9-13-22)4-2-14-25-23(27)20-5-3-15-26(17-20)16-19-6-10-21(24)11-7-19/h6-13,20H,2-5,14-17H2,1H3,(H,25,27)/t20-/m1/s1. The Kier molecular flexibility index (Phi) is 7.43. The lowest BCUT2D eigenvalue weighted by molar-refractivity contribution is -0.126. The van der Waals surface area contributed by atoms with Crippen LogP contribution in [0.15, 0.2) is 48.5 Å². The van der Waals surface area contributed by atoms with Gasteiger partial charge in [-0.05, 0) is 67.6 Å². The molecule has 0 spiro atoms. The molecule has 2 aromatic carbocycles. The van der Waals surface area contributed by atoms with E-state index in [0.717, 1.165) is 56.6 Å². The van der Waals surface area contributed by atoms with Crippen LogP contribution in [0, 0.1) is 11.7 Å². The topological polar surface area (TPSA) is 41.6 Å². The second-order valence-electron chi connectivity index (χ2n) is 7.44. The molecule has 2 aromatic rings.